The molecule has 0 amide bonds. The highest BCUT2D eigenvalue weighted by Crippen LogP contribution is 2.25. The molecule has 1 aliphatic rings. The van der Waals surface area contributed by atoms with Gasteiger partial charge in [-0.05, 0) is 24.8 Å². The van der Waals surface area contributed by atoms with Gasteiger partial charge < -0.3 is 4.90 Å². The van der Waals surface area contributed by atoms with Crippen molar-refractivity contribution < 1.29 is 0 Å². The van der Waals surface area contributed by atoms with Gasteiger partial charge in [0.25, 0.3) is 0 Å². The first kappa shape index (κ1) is 10.9. The number of nitrogens with zero attached hydrogens (tertiary/aromatic N) is 2. The Balaban J connectivity index is 2.20. The molecule has 0 saturated carbocycles. The van der Waals surface area contributed by atoms with E-state index in [4.69, 9.17) is 0 Å². The average Bonchev–Trinajstić information content (AvgIpc) is 2.29. The van der Waals surface area contributed by atoms with Crippen LogP contribution in [-0.2, 0) is 5.33 Å². The van der Waals surface area contributed by atoms with Crippen LogP contribution < -0.4 is 4.90 Å². The number of pyridine rings is 1. The van der Waals surface area contributed by atoms with E-state index >= 15 is 0 Å². The lowest BCUT2D eigenvalue weighted by molar-refractivity contribution is 0.444. The lowest BCUT2D eigenvalue weighted by Gasteiger charge is -2.32. The molecule has 1 aromatic heterocycles. The summed E-state index contributed by atoms with van der Waals surface area (Å²) >= 11 is 3.52. The Bertz CT molecular complexity index is 327. The highest BCUT2D eigenvalue weighted by molar-refractivity contribution is 9.08. The maximum absolute atomic E-state index is 4.50. The van der Waals surface area contributed by atoms with Gasteiger partial charge in [-0.1, -0.05) is 28.9 Å². The van der Waals surface area contributed by atoms with Crippen LogP contribution in [0, 0.1) is 5.92 Å². The van der Waals surface area contributed by atoms with Crippen molar-refractivity contribution in [3.8, 4) is 0 Å². The highest BCUT2D eigenvalue weighted by Gasteiger charge is 2.19. The molecule has 2 nitrogen and oxygen atoms in total. The van der Waals surface area contributed by atoms with Gasteiger partial charge in [-0.2, -0.15) is 0 Å². The fraction of sp³-hybridized carbons (Fsp3) is 0.583. The predicted octanol–water partition coefficient (Wildman–Crippen LogP) is 3.21. The summed E-state index contributed by atoms with van der Waals surface area (Å²) in [6, 6.07) is 4.16. The first-order valence-electron chi connectivity index (χ1n) is 5.56. The van der Waals surface area contributed by atoms with Crippen LogP contribution in [0.4, 0.5) is 5.82 Å². The largest absolute Gasteiger partial charge is 0.356 e. The van der Waals surface area contributed by atoms with Crippen molar-refractivity contribution >= 4 is 21.7 Å². The number of alkyl halides is 1. The summed E-state index contributed by atoms with van der Waals surface area (Å²) in [6.07, 6.45) is 4.53. The van der Waals surface area contributed by atoms with Crippen molar-refractivity contribution in [2.75, 3.05) is 18.0 Å². The van der Waals surface area contributed by atoms with Crippen LogP contribution in [0.3, 0.4) is 0 Å². The molecular weight excluding hydrogens is 252 g/mol. The Kier molecular flexibility index (Phi) is 3.62. The Labute approximate surface area is 99.8 Å². The molecule has 0 bridgehead atoms. The number of anilines is 1. The third-order valence-corrected chi connectivity index (χ3v) is 3.57. The van der Waals surface area contributed by atoms with Crippen LogP contribution in [0.5, 0.6) is 0 Å². The van der Waals surface area contributed by atoms with E-state index in [9.17, 15) is 0 Å². The molecule has 1 aromatic rings. The molecule has 0 aromatic carbocycles. The number of piperidine rings is 1. The lowest BCUT2D eigenvalue weighted by Crippen LogP contribution is -2.35. The fourth-order valence-electron chi connectivity index (χ4n) is 2.20. The zero-order chi connectivity index (χ0) is 10.7. The summed E-state index contributed by atoms with van der Waals surface area (Å²) in [4.78, 5) is 6.92. The van der Waals surface area contributed by atoms with Crippen LogP contribution in [0.15, 0.2) is 18.3 Å². The molecule has 1 unspecified atom stereocenters. The fourth-order valence-corrected chi connectivity index (χ4v) is 2.64. The van der Waals surface area contributed by atoms with Crippen molar-refractivity contribution in [2.24, 2.45) is 5.92 Å². The minimum Gasteiger partial charge on any atom is -0.356 e. The second-order valence-corrected chi connectivity index (χ2v) is 4.87. The lowest BCUT2D eigenvalue weighted by atomic mass is 10.00. The quantitative estimate of drug-likeness (QED) is 0.766. The molecule has 1 atom stereocenters. The van der Waals surface area contributed by atoms with Gasteiger partial charge >= 0.3 is 0 Å². The van der Waals surface area contributed by atoms with Gasteiger partial charge in [0.1, 0.15) is 5.82 Å². The first-order chi connectivity index (χ1) is 7.31. The summed E-state index contributed by atoms with van der Waals surface area (Å²) in [7, 11) is 0. The van der Waals surface area contributed by atoms with Gasteiger partial charge in [0.05, 0.1) is 0 Å². The normalized spacial score (nSPS) is 21.7. The number of halogens is 1. The number of aromatic nitrogens is 1. The van der Waals surface area contributed by atoms with Crippen LogP contribution in [-0.4, -0.2) is 18.1 Å². The summed E-state index contributed by atoms with van der Waals surface area (Å²) in [5.41, 5.74) is 1.30. The molecule has 1 fully saturated rings. The Morgan fingerprint density at radius 1 is 1.60 bits per heavy atom. The van der Waals surface area contributed by atoms with E-state index < -0.39 is 0 Å². The molecule has 2 rings (SSSR count). The van der Waals surface area contributed by atoms with Crippen LogP contribution in [0.1, 0.15) is 25.3 Å². The van der Waals surface area contributed by atoms with Gasteiger partial charge in [-0.15, -0.1) is 0 Å². The third-order valence-electron chi connectivity index (χ3n) is 2.97. The SMILES string of the molecule is CC1CCCN(c2ncccc2CBr)C1. The Morgan fingerprint density at radius 3 is 3.20 bits per heavy atom. The molecule has 0 N–H and O–H groups in total. The minimum absolute atomic E-state index is 0.795. The van der Waals surface area contributed by atoms with E-state index in [2.05, 4.69) is 38.8 Å². The third kappa shape index (κ3) is 2.51. The van der Waals surface area contributed by atoms with E-state index in [0.29, 0.717) is 0 Å². The topological polar surface area (TPSA) is 16.1 Å². The average molecular weight is 269 g/mol. The molecular formula is C12H17BrN2. The maximum atomic E-state index is 4.50. The molecule has 1 saturated heterocycles. The Hall–Kier alpha value is -0.570. The number of hydrogen-bond donors (Lipinski definition) is 0. The van der Waals surface area contributed by atoms with Crippen molar-refractivity contribution in [2.45, 2.75) is 25.1 Å². The molecule has 0 aliphatic carbocycles. The standard InChI is InChI=1S/C12H17BrN2/c1-10-4-3-7-15(9-10)12-11(8-13)5-2-6-14-12/h2,5-6,10H,3-4,7-9H2,1H3. The summed E-state index contributed by atoms with van der Waals surface area (Å²) in [5.74, 6) is 1.96. The van der Waals surface area contributed by atoms with E-state index in [0.717, 1.165) is 24.3 Å². The van der Waals surface area contributed by atoms with Gasteiger partial charge in [-0.3, -0.25) is 0 Å². The van der Waals surface area contributed by atoms with Crippen LogP contribution in [0.25, 0.3) is 0 Å². The minimum atomic E-state index is 0.795. The first-order valence-corrected chi connectivity index (χ1v) is 6.68. The monoisotopic (exact) mass is 268 g/mol. The smallest absolute Gasteiger partial charge is 0.132 e. The Morgan fingerprint density at radius 2 is 2.47 bits per heavy atom. The van der Waals surface area contributed by atoms with Crippen molar-refractivity contribution in [1.29, 1.82) is 0 Å². The van der Waals surface area contributed by atoms with Gasteiger partial charge in [-0.25, -0.2) is 4.98 Å². The van der Waals surface area contributed by atoms with E-state index in [1.807, 2.05) is 12.3 Å². The summed E-state index contributed by atoms with van der Waals surface area (Å²) in [6.45, 7) is 4.63. The van der Waals surface area contributed by atoms with E-state index in [1.165, 1.54) is 24.2 Å². The van der Waals surface area contributed by atoms with Gasteiger partial charge in [0.15, 0.2) is 0 Å². The van der Waals surface area contributed by atoms with Crippen molar-refractivity contribution in [3.63, 3.8) is 0 Å². The molecule has 0 spiro atoms. The van der Waals surface area contributed by atoms with Crippen LogP contribution in [0.2, 0.25) is 0 Å². The molecule has 3 heteroatoms. The van der Waals surface area contributed by atoms with Crippen molar-refractivity contribution in [3.05, 3.63) is 23.9 Å². The molecule has 1 aliphatic heterocycles. The summed E-state index contributed by atoms with van der Waals surface area (Å²) in [5, 5.41) is 0.890. The van der Waals surface area contributed by atoms with Crippen LogP contribution >= 0.6 is 15.9 Å². The second kappa shape index (κ2) is 4.97. The predicted molar refractivity (Wildman–Crippen MR) is 67.5 cm³/mol. The molecule has 82 valence electrons. The van der Waals surface area contributed by atoms with E-state index in [1.54, 1.807) is 0 Å². The highest BCUT2D eigenvalue weighted by atomic mass is 79.9. The second-order valence-electron chi connectivity index (χ2n) is 4.31. The number of hydrogen-bond acceptors (Lipinski definition) is 2. The zero-order valence-electron chi connectivity index (χ0n) is 9.12. The summed E-state index contributed by atoms with van der Waals surface area (Å²) < 4.78 is 0. The zero-order valence-corrected chi connectivity index (χ0v) is 10.7. The van der Waals surface area contributed by atoms with Gasteiger partial charge in [0, 0.05) is 30.2 Å². The molecule has 15 heavy (non-hydrogen) atoms. The molecule has 0 radical (unpaired) electrons. The van der Waals surface area contributed by atoms with Crippen molar-refractivity contribution in [1.82, 2.24) is 4.98 Å². The van der Waals surface area contributed by atoms with Gasteiger partial charge in [0.2, 0.25) is 0 Å². The maximum Gasteiger partial charge on any atom is 0.132 e. The molecule has 2 heterocycles. The van der Waals surface area contributed by atoms with E-state index in [-0.39, 0.29) is 0 Å². The number of rotatable bonds is 2.